The van der Waals surface area contributed by atoms with Gasteiger partial charge in [-0.15, -0.1) is 0 Å². The zero-order valence-corrected chi connectivity index (χ0v) is 19.5. The number of ether oxygens (including phenoxy) is 2. The number of anilines is 1. The minimum atomic E-state index is -0.270. The molecule has 3 rings (SSSR count). The van der Waals surface area contributed by atoms with E-state index in [1.165, 1.54) is 5.56 Å². The average molecular weight is 489 g/mol. The number of rotatable bonds is 9. The van der Waals surface area contributed by atoms with E-state index < -0.39 is 0 Å². The largest absolute Gasteiger partial charge is 0.483 e. The van der Waals surface area contributed by atoms with Crippen molar-refractivity contribution in [3.8, 4) is 5.75 Å². The molecule has 1 fully saturated rings. The number of benzene rings is 2. The average Bonchev–Trinajstić information content (AvgIpc) is 3.30. The van der Waals surface area contributed by atoms with Crippen LogP contribution in [-0.2, 0) is 9.53 Å². The Morgan fingerprint density at radius 3 is 2.65 bits per heavy atom. The fraction of sp³-hybridized carbons (Fsp3) is 0.417. The maximum Gasteiger partial charge on any atom is 0.262 e. The Bertz CT molecular complexity index is 895. The molecular formula is C24H29BrN2O4. The Hall–Kier alpha value is -2.38. The lowest BCUT2D eigenvalue weighted by Crippen LogP contribution is -2.31. The van der Waals surface area contributed by atoms with E-state index in [4.69, 9.17) is 9.47 Å². The Morgan fingerprint density at radius 1 is 1.23 bits per heavy atom. The molecule has 0 aliphatic carbocycles. The zero-order valence-electron chi connectivity index (χ0n) is 17.9. The van der Waals surface area contributed by atoms with Crippen LogP contribution in [0.25, 0.3) is 0 Å². The van der Waals surface area contributed by atoms with Crippen molar-refractivity contribution in [1.82, 2.24) is 5.32 Å². The van der Waals surface area contributed by atoms with Gasteiger partial charge in [0.15, 0.2) is 6.61 Å². The first-order chi connectivity index (χ1) is 15.0. The Labute approximate surface area is 191 Å². The van der Waals surface area contributed by atoms with Crippen LogP contribution < -0.4 is 15.4 Å². The molecule has 0 aromatic heterocycles. The lowest BCUT2D eigenvalue weighted by atomic mass is 9.99. The summed E-state index contributed by atoms with van der Waals surface area (Å²) < 4.78 is 12.0. The van der Waals surface area contributed by atoms with Gasteiger partial charge in [-0.05, 0) is 83.1 Å². The number of carbonyl (C=O) groups excluding carboxylic acids is 2. The summed E-state index contributed by atoms with van der Waals surface area (Å²) in [5, 5.41) is 5.67. The standard InChI is InChI=1S/C24H29BrN2O4/c1-3-16(2)18-8-11-22(21(25)13-18)31-15-23(28)27-19-9-6-17(7-10-19)24(29)26-14-20-5-4-12-30-20/h6-11,13,16,20H,3-5,12,14-15H2,1-2H3,(H,26,29)(H,27,28). The molecule has 166 valence electrons. The molecule has 1 aliphatic rings. The molecule has 0 radical (unpaired) electrons. The second-order valence-electron chi connectivity index (χ2n) is 7.76. The molecular weight excluding hydrogens is 460 g/mol. The molecule has 2 amide bonds. The van der Waals surface area contributed by atoms with E-state index in [9.17, 15) is 9.59 Å². The number of amides is 2. The van der Waals surface area contributed by atoms with Gasteiger partial charge >= 0.3 is 0 Å². The number of hydrogen-bond donors (Lipinski definition) is 2. The quantitative estimate of drug-likeness (QED) is 0.526. The van der Waals surface area contributed by atoms with Crippen LogP contribution in [0.5, 0.6) is 5.75 Å². The second kappa shape index (κ2) is 11.3. The molecule has 7 heteroatoms. The smallest absolute Gasteiger partial charge is 0.262 e. The summed E-state index contributed by atoms with van der Waals surface area (Å²) in [5.74, 6) is 0.672. The molecule has 1 heterocycles. The Balaban J connectivity index is 1.46. The highest BCUT2D eigenvalue weighted by atomic mass is 79.9. The molecule has 2 aromatic rings. The molecule has 0 spiro atoms. The SMILES string of the molecule is CCC(C)c1ccc(OCC(=O)Nc2ccc(C(=O)NCC3CCCO3)cc2)c(Br)c1. The minimum absolute atomic E-state index is 0.105. The van der Waals surface area contributed by atoms with Crippen molar-refractivity contribution in [2.45, 2.75) is 45.1 Å². The van der Waals surface area contributed by atoms with Crippen LogP contribution in [-0.4, -0.2) is 37.7 Å². The van der Waals surface area contributed by atoms with Crippen LogP contribution >= 0.6 is 15.9 Å². The maximum absolute atomic E-state index is 12.2. The van der Waals surface area contributed by atoms with E-state index in [0.29, 0.717) is 29.5 Å². The van der Waals surface area contributed by atoms with E-state index in [2.05, 4.69) is 40.4 Å². The molecule has 2 aromatic carbocycles. The van der Waals surface area contributed by atoms with Crippen LogP contribution in [0.15, 0.2) is 46.9 Å². The predicted octanol–water partition coefficient (Wildman–Crippen LogP) is 4.89. The van der Waals surface area contributed by atoms with Crippen molar-refractivity contribution in [2.75, 3.05) is 25.1 Å². The van der Waals surface area contributed by atoms with Crippen molar-refractivity contribution in [1.29, 1.82) is 0 Å². The van der Waals surface area contributed by atoms with Gasteiger partial charge in [0.05, 0.1) is 10.6 Å². The third-order valence-electron chi connectivity index (χ3n) is 5.44. The highest BCUT2D eigenvalue weighted by Gasteiger charge is 2.16. The van der Waals surface area contributed by atoms with Crippen LogP contribution in [0.4, 0.5) is 5.69 Å². The normalized spacial score (nSPS) is 16.5. The van der Waals surface area contributed by atoms with Crippen LogP contribution in [0.2, 0.25) is 0 Å². The van der Waals surface area contributed by atoms with Gasteiger partial charge in [-0.1, -0.05) is 19.9 Å². The molecule has 0 saturated carbocycles. The number of carbonyl (C=O) groups is 2. The second-order valence-corrected chi connectivity index (χ2v) is 8.61. The first kappa shape index (κ1) is 23.3. The van der Waals surface area contributed by atoms with E-state index in [1.54, 1.807) is 24.3 Å². The van der Waals surface area contributed by atoms with Crippen molar-refractivity contribution in [3.63, 3.8) is 0 Å². The van der Waals surface area contributed by atoms with Crippen molar-refractivity contribution < 1.29 is 19.1 Å². The first-order valence-electron chi connectivity index (χ1n) is 10.7. The minimum Gasteiger partial charge on any atom is -0.483 e. The molecule has 6 nitrogen and oxygen atoms in total. The molecule has 0 bridgehead atoms. The Morgan fingerprint density at radius 2 is 2.00 bits per heavy atom. The topological polar surface area (TPSA) is 76.7 Å². The summed E-state index contributed by atoms with van der Waals surface area (Å²) in [5.41, 5.74) is 2.37. The van der Waals surface area contributed by atoms with Crippen LogP contribution in [0, 0.1) is 0 Å². The number of halogens is 1. The summed E-state index contributed by atoms with van der Waals surface area (Å²) in [6, 6.07) is 12.7. The summed E-state index contributed by atoms with van der Waals surface area (Å²) in [7, 11) is 0. The summed E-state index contributed by atoms with van der Waals surface area (Å²) in [4.78, 5) is 24.5. The van der Waals surface area contributed by atoms with Crippen LogP contribution in [0.3, 0.4) is 0 Å². The summed E-state index contributed by atoms with van der Waals surface area (Å²) in [6.07, 6.45) is 3.18. The van der Waals surface area contributed by atoms with E-state index in [1.807, 2.05) is 18.2 Å². The van der Waals surface area contributed by atoms with Gasteiger partial charge in [0.2, 0.25) is 0 Å². The summed E-state index contributed by atoms with van der Waals surface area (Å²) >= 11 is 3.51. The van der Waals surface area contributed by atoms with Gasteiger partial charge in [0.25, 0.3) is 11.8 Å². The van der Waals surface area contributed by atoms with Gasteiger partial charge in [0.1, 0.15) is 5.75 Å². The number of hydrogen-bond acceptors (Lipinski definition) is 4. The molecule has 1 aliphatic heterocycles. The van der Waals surface area contributed by atoms with E-state index in [0.717, 1.165) is 30.3 Å². The van der Waals surface area contributed by atoms with E-state index >= 15 is 0 Å². The lowest BCUT2D eigenvalue weighted by Gasteiger charge is -2.13. The monoisotopic (exact) mass is 488 g/mol. The van der Waals surface area contributed by atoms with E-state index in [-0.39, 0.29) is 24.5 Å². The Kier molecular flexibility index (Phi) is 8.49. The maximum atomic E-state index is 12.2. The number of nitrogens with one attached hydrogen (secondary N) is 2. The predicted molar refractivity (Wildman–Crippen MR) is 125 cm³/mol. The van der Waals surface area contributed by atoms with Gasteiger partial charge in [0, 0.05) is 24.4 Å². The van der Waals surface area contributed by atoms with Gasteiger partial charge in [-0.25, -0.2) is 0 Å². The van der Waals surface area contributed by atoms with Crippen molar-refractivity contribution in [3.05, 3.63) is 58.1 Å². The highest BCUT2D eigenvalue weighted by Crippen LogP contribution is 2.30. The van der Waals surface area contributed by atoms with Gasteiger partial charge in [-0.2, -0.15) is 0 Å². The molecule has 1 saturated heterocycles. The molecule has 2 N–H and O–H groups in total. The fourth-order valence-electron chi connectivity index (χ4n) is 3.34. The van der Waals surface area contributed by atoms with Crippen molar-refractivity contribution in [2.24, 2.45) is 0 Å². The van der Waals surface area contributed by atoms with Gasteiger partial charge < -0.3 is 20.1 Å². The van der Waals surface area contributed by atoms with Crippen molar-refractivity contribution >= 4 is 33.4 Å². The zero-order chi connectivity index (χ0) is 22.2. The lowest BCUT2D eigenvalue weighted by molar-refractivity contribution is -0.118. The molecule has 31 heavy (non-hydrogen) atoms. The fourth-order valence-corrected chi connectivity index (χ4v) is 3.85. The van der Waals surface area contributed by atoms with Crippen LogP contribution in [0.1, 0.15) is 54.9 Å². The van der Waals surface area contributed by atoms with Gasteiger partial charge in [-0.3, -0.25) is 9.59 Å². The first-order valence-corrected chi connectivity index (χ1v) is 11.5. The third kappa shape index (κ3) is 6.80. The highest BCUT2D eigenvalue weighted by molar-refractivity contribution is 9.10. The molecule has 2 atom stereocenters. The third-order valence-corrected chi connectivity index (χ3v) is 6.06. The summed E-state index contributed by atoms with van der Waals surface area (Å²) in [6.45, 7) is 5.50. The molecule has 2 unspecified atom stereocenters.